The minimum absolute atomic E-state index is 0.256. The molecule has 1 nitrogen and oxygen atoms in total. The Bertz CT molecular complexity index is 763. The third kappa shape index (κ3) is 3.26. The van der Waals surface area contributed by atoms with Gasteiger partial charge in [-0.1, -0.05) is 49.8 Å². The van der Waals surface area contributed by atoms with E-state index in [2.05, 4.69) is 58.0 Å². The molecule has 3 rings (SSSR count). The van der Waals surface area contributed by atoms with Crippen LogP contribution >= 0.6 is 0 Å². The van der Waals surface area contributed by atoms with Gasteiger partial charge in [-0.15, -0.1) is 0 Å². The third-order valence-electron chi connectivity index (χ3n) is 5.21. The number of fused-ring (bicyclic) bond motifs is 1. The molecule has 0 spiro atoms. The van der Waals surface area contributed by atoms with E-state index in [-0.39, 0.29) is 5.41 Å². The maximum atomic E-state index is 5.26. The van der Waals surface area contributed by atoms with Crippen LogP contribution in [0.2, 0.25) is 0 Å². The average Bonchev–Trinajstić information content (AvgIpc) is 2.54. The molecule has 1 aliphatic rings. The molecule has 0 amide bonds. The summed E-state index contributed by atoms with van der Waals surface area (Å²) in [6.07, 6.45) is 6.07. The molecule has 0 bridgehead atoms. The summed E-state index contributed by atoms with van der Waals surface area (Å²) in [5, 5.41) is 0. The molecular formula is C23H28O. The lowest BCUT2D eigenvalue weighted by Gasteiger charge is -2.35. The molecule has 1 heteroatoms. The second-order valence-corrected chi connectivity index (χ2v) is 7.68. The van der Waals surface area contributed by atoms with E-state index in [9.17, 15) is 0 Å². The Kier molecular flexibility index (Phi) is 4.54. The summed E-state index contributed by atoms with van der Waals surface area (Å²) in [6, 6.07) is 13.0. The Morgan fingerprint density at radius 3 is 2.50 bits per heavy atom. The van der Waals surface area contributed by atoms with Crippen LogP contribution in [0, 0.1) is 6.92 Å². The van der Waals surface area contributed by atoms with Crippen LogP contribution in [0.15, 0.2) is 36.4 Å². The van der Waals surface area contributed by atoms with Crippen molar-refractivity contribution in [3.63, 3.8) is 0 Å². The van der Waals surface area contributed by atoms with E-state index in [1.54, 1.807) is 18.2 Å². The largest absolute Gasteiger partial charge is 0.497 e. The molecular weight excluding hydrogens is 292 g/mol. The molecule has 0 fully saturated rings. The zero-order valence-electron chi connectivity index (χ0n) is 15.6. The first-order valence-corrected chi connectivity index (χ1v) is 8.87. The fraction of sp³-hybridized carbons (Fsp3) is 0.391. The van der Waals surface area contributed by atoms with E-state index < -0.39 is 0 Å². The van der Waals surface area contributed by atoms with Gasteiger partial charge in [-0.05, 0) is 78.5 Å². The Morgan fingerprint density at radius 1 is 1.12 bits per heavy atom. The summed E-state index contributed by atoms with van der Waals surface area (Å²) in [4.78, 5) is 0. The first kappa shape index (κ1) is 16.8. The molecule has 24 heavy (non-hydrogen) atoms. The van der Waals surface area contributed by atoms with E-state index in [1.807, 2.05) is 12.1 Å². The predicted octanol–water partition coefficient (Wildman–Crippen LogP) is 6.18. The van der Waals surface area contributed by atoms with Crippen molar-refractivity contribution >= 4 is 11.6 Å². The summed E-state index contributed by atoms with van der Waals surface area (Å²) in [6.45, 7) is 9.24. The number of rotatable bonds is 3. The van der Waals surface area contributed by atoms with E-state index in [4.69, 9.17) is 4.74 Å². The molecule has 0 atom stereocenters. The van der Waals surface area contributed by atoms with Crippen LogP contribution < -0.4 is 4.74 Å². The molecule has 0 aromatic heterocycles. The Morgan fingerprint density at radius 2 is 1.83 bits per heavy atom. The Balaban J connectivity index is 2.07. The number of hydrogen-bond donors (Lipinski definition) is 0. The molecule has 1 aliphatic carbocycles. The van der Waals surface area contributed by atoms with Gasteiger partial charge in [-0.2, -0.15) is 0 Å². The van der Waals surface area contributed by atoms with E-state index in [1.165, 1.54) is 41.5 Å². The molecule has 126 valence electrons. The second-order valence-electron chi connectivity index (χ2n) is 7.68. The average molecular weight is 320 g/mol. The van der Waals surface area contributed by atoms with Crippen molar-refractivity contribution in [3.8, 4) is 5.75 Å². The quantitative estimate of drug-likeness (QED) is 0.614. The van der Waals surface area contributed by atoms with Crippen LogP contribution in [-0.2, 0) is 11.8 Å². The molecule has 0 saturated heterocycles. The number of aryl methyl sites for hydroxylation is 2. The minimum atomic E-state index is 0.256. The standard InChI is InChI=1S/C23H28O/c1-16-13-19-7-6-12-23(3,4)22(19)21(14-16)17(2)15-18-8-10-20(24-5)11-9-18/h8-11,13-15H,6-7,12H2,1-5H3. The van der Waals surface area contributed by atoms with Gasteiger partial charge in [0, 0.05) is 0 Å². The molecule has 0 saturated carbocycles. The van der Waals surface area contributed by atoms with Gasteiger partial charge in [0.15, 0.2) is 0 Å². The summed E-state index contributed by atoms with van der Waals surface area (Å²) in [5.41, 5.74) is 8.71. The van der Waals surface area contributed by atoms with Crippen LogP contribution in [0.25, 0.3) is 11.6 Å². The summed E-state index contributed by atoms with van der Waals surface area (Å²) < 4.78 is 5.26. The van der Waals surface area contributed by atoms with Crippen molar-refractivity contribution in [2.75, 3.05) is 7.11 Å². The van der Waals surface area contributed by atoms with Crippen molar-refractivity contribution in [2.45, 2.75) is 52.4 Å². The lowest BCUT2D eigenvalue weighted by molar-refractivity contribution is 0.415. The van der Waals surface area contributed by atoms with Crippen molar-refractivity contribution < 1.29 is 4.74 Å². The van der Waals surface area contributed by atoms with Crippen molar-refractivity contribution in [1.29, 1.82) is 0 Å². The first-order chi connectivity index (χ1) is 11.4. The second kappa shape index (κ2) is 6.47. The normalized spacial score (nSPS) is 16.6. The van der Waals surface area contributed by atoms with Crippen molar-refractivity contribution in [1.82, 2.24) is 0 Å². The number of hydrogen-bond acceptors (Lipinski definition) is 1. The van der Waals surface area contributed by atoms with Gasteiger partial charge in [-0.3, -0.25) is 0 Å². The highest BCUT2D eigenvalue weighted by Crippen LogP contribution is 2.41. The monoisotopic (exact) mass is 320 g/mol. The first-order valence-electron chi connectivity index (χ1n) is 8.87. The van der Waals surface area contributed by atoms with Crippen LogP contribution in [0.4, 0.5) is 0 Å². The Labute approximate surface area is 146 Å². The SMILES string of the molecule is COc1ccc(C=C(C)c2cc(C)cc3c2C(C)(C)CCC3)cc1. The summed E-state index contributed by atoms with van der Waals surface area (Å²) in [7, 11) is 1.71. The minimum Gasteiger partial charge on any atom is -0.497 e. The van der Waals surface area contributed by atoms with Gasteiger partial charge in [0.2, 0.25) is 0 Å². The molecule has 0 heterocycles. The predicted molar refractivity (Wildman–Crippen MR) is 104 cm³/mol. The maximum absolute atomic E-state index is 5.26. The lowest BCUT2D eigenvalue weighted by Crippen LogP contribution is -2.25. The fourth-order valence-electron chi connectivity index (χ4n) is 4.04. The molecule has 0 aliphatic heterocycles. The van der Waals surface area contributed by atoms with Gasteiger partial charge >= 0.3 is 0 Å². The molecule has 0 radical (unpaired) electrons. The van der Waals surface area contributed by atoms with Crippen molar-refractivity contribution in [3.05, 3.63) is 64.2 Å². The van der Waals surface area contributed by atoms with Gasteiger partial charge in [0.25, 0.3) is 0 Å². The van der Waals surface area contributed by atoms with E-state index in [0.717, 1.165) is 5.75 Å². The maximum Gasteiger partial charge on any atom is 0.118 e. The molecule has 0 unspecified atom stereocenters. The Hall–Kier alpha value is -2.02. The van der Waals surface area contributed by atoms with Crippen LogP contribution in [-0.4, -0.2) is 7.11 Å². The van der Waals surface area contributed by atoms with Crippen LogP contribution in [0.1, 0.15) is 61.4 Å². The zero-order chi connectivity index (χ0) is 17.3. The molecule has 2 aromatic rings. The third-order valence-corrected chi connectivity index (χ3v) is 5.21. The van der Waals surface area contributed by atoms with Gasteiger partial charge in [-0.25, -0.2) is 0 Å². The fourth-order valence-corrected chi connectivity index (χ4v) is 4.04. The lowest BCUT2D eigenvalue weighted by atomic mass is 9.69. The zero-order valence-corrected chi connectivity index (χ0v) is 15.6. The molecule has 2 aromatic carbocycles. The highest BCUT2D eigenvalue weighted by Gasteiger charge is 2.30. The summed E-state index contributed by atoms with van der Waals surface area (Å²) >= 11 is 0. The van der Waals surface area contributed by atoms with Crippen molar-refractivity contribution in [2.24, 2.45) is 0 Å². The number of ether oxygens (including phenoxy) is 1. The molecule has 0 N–H and O–H groups in total. The highest BCUT2D eigenvalue weighted by molar-refractivity contribution is 5.83. The number of benzene rings is 2. The van der Waals surface area contributed by atoms with Crippen LogP contribution in [0.5, 0.6) is 5.75 Å². The number of allylic oxidation sites excluding steroid dienone is 1. The van der Waals surface area contributed by atoms with Crippen LogP contribution in [0.3, 0.4) is 0 Å². The van der Waals surface area contributed by atoms with E-state index in [0.29, 0.717) is 0 Å². The van der Waals surface area contributed by atoms with E-state index >= 15 is 0 Å². The topological polar surface area (TPSA) is 9.23 Å². The van der Waals surface area contributed by atoms with Gasteiger partial charge in [0.05, 0.1) is 7.11 Å². The van der Waals surface area contributed by atoms with Gasteiger partial charge in [0.1, 0.15) is 5.75 Å². The number of methoxy groups -OCH3 is 1. The summed E-state index contributed by atoms with van der Waals surface area (Å²) in [5.74, 6) is 0.902. The smallest absolute Gasteiger partial charge is 0.118 e. The van der Waals surface area contributed by atoms with Gasteiger partial charge < -0.3 is 4.74 Å². The highest BCUT2D eigenvalue weighted by atomic mass is 16.5.